The number of rotatable bonds is 1. The van der Waals surface area contributed by atoms with Crippen LogP contribution in [0.5, 0.6) is 0 Å². The van der Waals surface area contributed by atoms with E-state index in [1.54, 1.807) is 6.08 Å². The highest BCUT2D eigenvalue weighted by Gasteiger charge is 2.01. The Morgan fingerprint density at radius 1 is 1.17 bits per heavy atom. The second kappa shape index (κ2) is 3.33. The SMILES string of the molecule is Cc1ccc(N=C=O)c(C)c1C. The van der Waals surface area contributed by atoms with Gasteiger partial charge >= 0.3 is 0 Å². The molecule has 0 N–H and O–H groups in total. The van der Waals surface area contributed by atoms with Gasteiger partial charge in [0.1, 0.15) is 0 Å². The highest BCUT2D eigenvalue weighted by atomic mass is 16.1. The number of hydrogen-bond acceptors (Lipinski definition) is 2. The zero-order chi connectivity index (χ0) is 9.14. The van der Waals surface area contributed by atoms with Gasteiger partial charge in [-0.15, -0.1) is 0 Å². The molecule has 0 spiro atoms. The Kier molecular flexibility index (Phi) is 2.41. The molecule has 0 radical (unpaired) electrons. The Hall–Kier alpha value is -1.40. The monoisotopic (exact) mass is 161 g/mol. The maximum absolute atomic E-state index is 10.0. The van der Waals surface area contributed by atoms with E-state index < -0.39 is 0 Å². The van der Waals surface area contributed by atoms with Gasteiger partial charge in [0, 0.05) is 0 Å². The minimum atomic E-state index is 0.716. The third-order valence-electron chi connectivity index (χ3n) is 2.20. The van der Waals surface area contributed by atoms with Gasteiger partial charge in [0.2, 0.25) is 6.08 Å². The van der Waals surface area contributed by atoms with Crippen LogP contribution in [0, 0.1) is 20.8 Å². The van der Waals surface area contributed by atoms with Crippen molar-refractivity contribution in [2.75, 3.05) is 0 Å². The molecule has 2 heteroatoms. The standard InChI is InChI=1S/C10H11NO/c1-7-4-5-10(11-6-12)9(3)8(7)2/h4-5H,1-3H3. The van der Waals surface area contributed by atoms with E-state index >= 15 is 0 Å². The van der Waals surface area contributed by atoms with Crippen molar-refractivity contribution >= 4 is 11.8 Å². The molecule has 0 unspecified atom stereocenters. The second-order valence-electron chi connectivity index (χ2n) is 2.85. The topological polar surface area (TPSA) is 29.4 Å². The average molecular weight is 161 g/mol. The summed E-state index contributed by atoms with van der Waals surface area (Å²) in [6.07, 6.45) is 1.55. The molecule has 0 heterocycles. The fourth-order valence-electron chi connectivity index (χ4n) is 1.11. The Bertz CT molecular complexity index is 349. The first kappa shape index (κ1) is 8.69. The number of carbonyl (C=O) groups excluding carboxylic acids is 1. The lowest BCUT2D eigenvalue weighted by atomic mass is 10.0. The van der Waals surface area contributed by atoms with Crippen molar-refractivity contribution in [3.05, 3.63) is 28.8 Å². The van der Waals surface area contributed by atoms with Crippen molar-refractivity contribution in [3.63, 3.8) is 0 Å². The van der Waals surface area contributed by atoms with Crippen molar-refractivity contribution in [1.82, 2.24) is 0 Å². The van der Waals surface area contributed by atoms with Crippen LogP contribution in [0.25, 0.3) is 0 Å². The summed E-state index contributed by atoms with van der Waals surface area (Å²) in [5.41, 5.74) is 4.18. The van der Waals surface area contributed by atoms with Crippen molar-refractivity contribution in [1.29, 1.82) is 0 Å². The van der Waals surface area contributed by atoms with Gasteiger partial charge in [-0.25, -0.2) is 4.79 Å². The molecular formula is C10H11NO. The van der Waals surface area contributed by atoms with Crippen LogP contribution in [0.2, 0.25) is 0 Å². The first-order chi connectivity index (χ1) is 5.66. The molecule has 1 rings (SSSR count). The van der Waals surface area contributed by atoms with E-state index in [0.29, 0.717) is 5.69 Å². The van der Waals surface area contributed by atoms with Crippen LogP contribution in [-0.2, 0) is 4.79 Å². The third kappa shape index (κ3) is 1.44. The number of aryl methyl sites for hydroxylation is 1. The van der Waals surface area contributed by atoms with E-state index in [0.717, 1.165) is 5.56 Å². The molecule has 1 aromatic rings. The van der Waals surface area contributed by atoms with E-state index in [-0.39, 0.29) is 0 Å². The van der Waals surface area contributed by atoms with E-state index in [9.17, 15) is 4.79 Å². The highest BCUT2D eigenvalue weighted by molar-refractivity contribution is 5.57. The summed E-state index contributed by atoms with van der Waals surface area (Å²) in [4.78, 5) is 13.6. The first-order valence-corrected chi connectivity index (χ1v) is 3.81. The van der Waals surface area contributed by atoms with Crippen LogP contribution >= 0.6 is 0 Å². The molecular weight excluding hydrogens is 150 g/mol. The van der Waals surface area contributed by atoms with Gasteiger partial charge < -0.3 is 0 Å². The Labute approximate surface area is 71.9 Å². The predicted octanol–water partition coefficient (Wildman–Crippen LogP) is 2.58. The number of hydrogen-bond donors (Lipinski definition) is 0. The van der Waals surface area contributed by atoms with Crippen molar-refractivity contribution in [2.24, 2.45) is 4.99 Å². The van der Waals surface area contributed by atoms with Crippen molar-refractivity contribution in [2.45, 2.75) is 20.8 Å². The van der Waals surface area contributed by atoms with Gasteiger partial charge in [0.25, 0.3) is 0 Å². The normalized spacial score (nSPS) is 9.25. The quantitative estimate of drug-likeness (QED) is 0.459. The zero-order valence-electron chi connectivity index (χ0n) is 7.51. The molecule has 0 fully saturated rings. The molecule has 0 bridgehead atoms. The van der Waals surface area contributed by atoms with Crippen LogP contribution in [0.1, 0.15) is 16.7 Å². The third-order valence-corrected chi connectivity index (χ3v) is 2.20. The van der Waals surface area contributed by atoms with Crippen molar-refractivity contribution < 1.29 is 4.79 Å². The Balaban J connectivity index is 3.35. The van der Waals surface area contributed by atoms with Crippen molar-refractivity contribution in [3.8, 4) is 0 Å². The first-order valence-electron chi connectivity index (χ1n) is 3.81. The number of nitrogens with zero attached hydrogens (tertiary/aromatic N) is 1. The molecule has 1 aromatic carbocycles. The molecule has 0 aliphatic heterocycles. The van der Waals surface area contributed by atoms with Crippen LogP contribution in [0.3, 0.4) is 0 Å². The van der Waals surface area contributed by atoms with Crippen LogP contribution in [-0.4, -0.2) is 6.08 Å². The molecule has 2 nitrogen and oxygen atoms in total. The molecule has 62 valence electrons. The predicted molar refractivity (Wildman–Crippen MR) is 48.4 cm³/mol. The van der Waals surface area contributed by atoms with Gasteiger partial charge in [0.15, 0.2) is 0 Å². The summed E-state index contributed by atoms with van der Waals surface area (Å²) in [5, 5.41) is 0. The zero-order valence-corrected chi connectivity index (χ0v) is 7.51. The van der Waals surface area contributed by atoms with Crippen LogP contribution < -0.4 is 0 Å². The van der Waals surface area contributed by atoms with E-state index in [4.69, 9.17) is 0 Å². The maximum atomic E-state index is 10.0. The molecule has 0 saturated carbocycles. The number of isocyanates is 1. The van der Waals surface area contributed by atoms with Gasteiger partial charge in [-0.2, -0.15) is 4.99 Å². The summed E-state index contributed by atoms with van der Waals surface area (Å²) in [6, 6.07) is 3.79. The molecule has 0 saturated heterocycles. The lowest BCUT2D eigenvalue weighted by Gasteiger charge is -2.05. The van der Waals surface area contributed by atoms with E-state index in [2.05, 4.69) is 4.99 Å². The fraction of sp³-hybridized carbons (Fsp3) is 0.300. The smallest absolute Gasteiger partial charge is 0.211 e. The summed E-state index contributed by atoms with van der Waals surface area (Å²) in [7, 11) is 0. The molecule has 0 aliphatic rings. The van der Waals surface area contributed by atoms with Gasteiger partial charge in [-0.1, -0.05) is 6.07 Å². The Morgan fingerprint density at radius 3 is 2.42 bits per heavy atom. The lowest BCUT2D eigenvalue weighted by molar-refractivity contribution is 0.565. The largest absolute Gasteiger partial charge is 0.240 e. The maximum Gasteiger partial charge on any atom is 0.240 e. The highest BCUT2D eigenvalue weighted by Crippen LogP contribution is 2.23. The van der Waals surface area contributed by atoms with Gasteiger partial charge in [-0.05, 0) is 43.5 Å². The number of benzene rings is 1. The summed E-state index contributed by atoms with van der Waals surface area (Å²) in [5.74, 6) is 0. The second-order valence-corrected chi connectivity index (χ2v) is 2.85. The van der Waals surface area contributed by atoms with E-state index in [1.807, 2.05) is 32.9 Å². The molecule has 0 aromatic heterocycles. The Morgan fingerprint density at radius 2 is 1.83 bits per heavy atom. The van der Waals surface area contributed by atoms with Crippen LogP contribution in [0.4, 0.5) is 5.69 Å². The molecule has 0 amide bonds. The lowest BCUT2D eigenvalue weighted by Crippen LogP contribution is -1.85. The van der Waals surface area contributed by atoms with E-state index in [1.165, 1.54) is 11.1 Å². The molecule has 12 heavy (non-hydrogen) atoms. The summed E-state index contributed by atoms with van der Waals surface area (Å²) in [6.45, 7) is 6.02. The summed E-state index contributed by atoms with van der Waals surface area (Å²) < 4.78 is 0. The van der Waals surface area contributed by atoms with Gasteiger partial charge in [0.05, 0.1) is 5.69 Å². The van der Waals surface area contributed by atoms with Crippen LogP contribution in [0.15, 0.2) is 17.1 Å². The minimum absolute atomic E-state index is 0.716. The average Bonchev–Trinajstić information content (AvgIpc) is 2.07. The summed E-state index contributed by atoms with van der Waals surface area (Å²) >= 11 is 0. The number of aliphatic imine (C=N–C) groups is 1. The fourth-order valence-corrected chi connectivity index (χ4v) is 1.11. The molecule has 0 atom stereocenters. The molecule has 0 aliphatic carbocycles. The van der Waals surface area contributed by atoms with Gasteiger partial charge in [-0.3, -0.25) is 0 Å². The minimum Gasteiger partial charge on any atom is -0.211 e.